The van der Waals surface area contributed by atoms with Gasteiger partial charge in [0.25, 0.3) is 0 Å². The molecule has 146 valence electrons. The normalized spacial score (nSPS) is 15.4. The summed E-state index contributed by atoms with van der Waals surface area (Å²) in [6.45, 7) is 0.579. The largest absolute Gasteiger partial charge is 0.421 e. The maximum absolute atomic E-state index is 13.1. The SMILES string of the molecule is NCCCNc1nc(Nc2ccc3c(c2)CCS3(=O)=O)ncc1C(F)(F)F. The van der Waals surface area contributed by atoms with Crippen LogP contribution in [0.15, 0.2) is 29.3 Å². The Morgan fingerprint density at radius 3 is 2.74 bits per heavy atom. The summed E-state index contributed by atoms with van der Waals surface area (Å²) in [5.74, 6) is -0.311. The predicted molar refractivity (Wildman–Crippen MR) is 94.7 cm³/mol. The second-order valence-corrected chi connectivity index (χ2v) is 8.12. The molecule has 1 aliphatic rings. The topological polar surface area (TPSA) is 110 Å². The van der Waals surface area contributed by atoms with Gasteiger partial charge in [0.15, 0.2) is 9.84 Å². The van der Waals surface area contributed by atoms with E-state index in [2.05, 4.69) is 20.6 Å². The van der Waals surface area contributed by atoms with E-state index in [1.807, 2.05) is 0 Å². The number of hydrogen-bond donors (Lipinski definition) is 3. The second-order valence-electron chi connectivity index (χ2n) is 6.04. The molecule has 7 nitrogen and oxygen atoms in total. The summed E-state index contributed by atoms with van der Waals surface area (Å²) in [5, 5.41) is 5.45. The number of anilines is 3. The van der Waals surface area contributed by atoms with Crippen molar-refractivity contribution in [1.82, 2.24) is 9.97 Å². The molecule has 0 bridgehead atoms. The summed E-state index contributed by atoms with van der Waals surface area (Å²) in [6, 6.07) is 4.65. The van der Waals surface area contributed by atoms with E-state index in [0.29, 0.717) is 36.8 Å². The van der Waals surface area contributed by atoms with E-state index in [0.717, 1.165) is 0 Å². The molecular formula is C16H18F3N5O2S. The van der Waals surface area contributed by atoms with Crippen LogP contribution >= 0.6 is 0 Å². The zero-order valence-electron chi connectivity index (χ0n) is 14.2. The van der Waals surface area contributed by atoms with Crippen LogP contribution in [0.5, 0.6) is 0 Å². The summed E-state index contributed by atoms with van der Waals surface area (Å²) in [4.78, 5) is 7.93. The predicted octanol–water partition coefficient (Wildman–Crippen LogP) is 2.33. The van der Waals surface area contributed by atoms with Crippen molar-refractivity contribution in [3.63, 3.8) is 0 Å². The third-order valence-corrected chi connectivity index (χ3v) is 5.87. The lowest BCUT2D eigenvalue weighted by atomic mass is 10.1. The molecule has 1 aromatic heterocycles. The third-order valence-electron chi connectivity index (χ3n) is 4.06. The lowest BCUT2D eigenvalue weighted by molar-refractivity contribution is -0.137. The fraction of sp³-hybridized carbons (Fsp3) is 0.375. The molecule has 4 N–H and O–H groups in total. The van der Waals surface area contributed by atoms with Gasteiger partial charge in [0, 0.05) is 18.4 Å². The quantitative estimate of drug-likeness (QED) is 0.637. The first-order chi connectivity index (χ1) is 12.7. The van der Waals surface area contributed by atoms with Crippen LogP contribution < -0.4 is 16.4 Å². The zero-order chi connectivity index (χ0) is 19.7. The molecule has 1 aliphatic heterocycles. The molecule has 1 aromatic carbocycles. The Balaban J connectivity index is 1.86. The first-order valence-electron chi connectivity index (χ1n) is 8.21. The molecule has 0 aliphatic carbocycles. The van der Waals surface area contributed by atoms with Gasteiger partial charge in [-0.15, -0.1) is 0 Å². The zero-order valence-corrected chi connectivity index (χ0v) is 15.0. The maximum atomic E-state index is 13.1. The van der Waals surface area contributed by atoms with Gasteiger partial charge in [-0.05, 0) is 43.1 Å². The molecule has 0 saturated heterocycles. The van der Waals surface area contributed by atoms with E-state index in [-0.39, 0.29) is 29.0 Å². The van der Waals surface area contributed by atoms with Gasteiger partial charge in [0.05, 0.1) is 10.6 Å². The van der Waals surface area contributed by atoms with Crippen molar-refractivity contribution >= 4 is 27.3 Å². The van der Waals surface area contributed by atoms with Crippen molar-refractivity contribution in [1.29, 1.82) is 0 Å². The average molecular weight is 401 g/mol. The minimum Gasteiger partial charge on any atom is -0.369 e. The van der Waals surface area contributed by atoms with Crippen LogP contribution in [0, 0.1) is 0 Å². The monoisotopic (exact) mass is 401 g/mol. The summed E-state index contributed by atoms with van der Waals surface area (Å²) >= 11 is 0. The fourth-order valence-electron chi connectivity index (χ4n) is 2.73. The maximum Gasteiger partial charge on any atom is 0.421 e. The first kappa shape index (κ1) is 19.4. The molecular weight excluding hydrogens is 383 g/mol. The van der Waals surface area contributed by atoms with E-state index in [1.54, 1.807) is 6.07 Å². The Bertz CT molecular complexity index is 948. The number of nitrogens with two attached hydrogens (primary N) is 1. The van der Waals surface area contributed by atoms with Gasteiger partial charge in [0.1, 0.15) is 11.4 Å². The number of hydrogen-bond acceptors (Lipinski definition) is 7. The van der Waals surface area contributed by atoms with Crippen molar-refractivity contribution in [3.05, 3.63) is 35.5 Å². The van der Waals surface area contributed by atoms with E-state index < -0.39 is 21.6 Å². The van der Waals surface area contributed by atoms with Gasteiger partial charge in [-0.2, -0.15) is 18.2 Å². The molecule has 2 aromatic rings. The summed E-state index contributed by atoms with van der Waals surface area (Å²) < 4.78 is 63.1. The van der Waals surface area contributed by atoms with Crippen LogP contribution in [-0.2, 0) is 22.4 Å². The molecule has 0 radical (unpaired) electrons. The van der Waals surface area contributed by atoms with Crippen LogP contribution in [0.1, 0.15) is 17.5 Å². The molecule has 0 fully saturated rings. The van der Waals surface area contributed by atoms with Gasteiger partial charge < -0.3 is 16.4 Å². The molecule has 0 saturated carbocycles. The number of rotatable bonds is 6. The highest BCUT2D eigenvalue weighted by Gasteiger charge is 2.35. The average Bonchev–Trinajstić information content (AvgIpc) is 2.89. The Kier molecular flexibility index (Phi) is 5.24. The van der Waals surface area contributed by atoms with Crippen LogP contribution in [0.3, 0.4) is 0 Å². The van der Waals surface area contributed by atoms with Crippen molar-refractivity contribution in [3.8, 4) is 0 Å². The van der Waals surface area contributed by atoms with Crippen molar-refractivity contribution < 1.29 is 21.6 Å². The highest BCUT2D eigenvalue weighted by molar-refractivity contribution is 7.91. The smallest absolute Gasteiger partial charge is 0.369 e. The van der Waals surface area contributed by atoms with Crippen LogP contribution in [0.2, 0.25) is 0 Å². The van der Waals surface area contributed by atoms with Crippen molar-refractivity contribution in [2.75, 3.05) is 29.5 Å². The summed E-state index contributed by atoms with van der Waals surface area (Å²) in [7, 11) is -3.24. The van der Waals surface area contributed by atoms with E-state index >= 15 is 0 Å². The van der Waals surface area contributed by atoms with E-state index in [9.17, 15) is 21.6 Å². The lowest BCUT2D eigenvalue weighted by Crippen LogP contribution is -2.16. The van der Waals surface area contributed by atoms with Crippen LogP contribution in [-0.4, -0.2) is 37.2 Å². The minimum absolute atomic E-state index is 0.0287. The van der Waals surface area contributed by atoms with Crippen molar-refractivity contribution in [2.45, 2.75) is 23.9 Å². The number of alkyl halides is 3. The van der Waals surface area contributed by atoms with E-state index in [4.69, 9.17) is 5.73 Å². The standard InChI is InChI=1S/C16H18F3N5O2S/c17-16(18,19)12-9-22-15(24-14(12)21-6-1-5-20)23-11-2-3-13-10(8-11)4-7-27(13,25)26/h2-3,8-9H,1,4-7,20H2,(H2,21,22,23,24). The highest BCUT2D eigenvalue weighted by Crippen LogP contribution is 2.34. The number of benzene rings is 1. The number of nitrogens with zero attached hydrogens (tertiary/aromatic N) is 2. The fourth-order valence-corrected chi connectivity index (χ4v) is 4.28. The van der Waals surface area contributed by atoms with Crippen LogP contribution in [0.25, 0.3) is 0 Å². The van der Waals surface area contributed by atoms with Gasteiger partial charge in [-0.25, -0.2) is 13.4 Å². The molecule has 27 heavy (non-hydrogen) atoms. The molecule has 0 amide bonds. The number of nitrogens with one attached hydrogen (secondary N) is 2. The molecule has 0 atom stereocenters. The third kappa shape index (κ3) is 4.30. The summed E-state index contributed by atoms with van der Waals surface area (Å²) in [5.41, 5.74) is 5.55. The summed E-state index contributed by atoms with van der Waals surface area (Å²) in [6.07, 6.45) is -3.00. The minimum atomic E-state index is -4.59. The van der Waals surface area contributed by atoms with Gasteiger partial charge in [-0.1, -0.05) is 0 Å². The lowest BCUT2D eigenvalue weighted by Gasteiger charge is -2.15. The molecule has 2 heterocycles. The number of sulfone groups is 1. The molecule has 0 unspecified atom stereocenters. The molecule has 0 spiro atoms. The van der Waals surface area contributed by atoms with Gasteiger partial charge in [0.2, 0.25) is 5.95 Å². The Hall–Kier alpha value is -2.40. The Labute approximate surface area is 154 Å². The number of fused-ring (bicyclic) bond motifs is 1. The number of aromatic nitrogens is 2. The Morgan fingerprint density at radius 2 is 2.04 bits per heavy atom. The molecule has 3 rings (SSSR count). The van der Waals surface area contributed by atoms with Gasteiger partial charge >= 0.3 is 6.18 Å². The first-order valence-corrected chi connectivity index (χ1v) is 9.87. The highest BCUT2D eigenvalue weighted by atomic mass is 32.2. The second kappa shape index (κ2) is 7.31. The number of aryl methyl sites for hydroxylation is 1. The number of halogens is 3. The van der Waals surface area contributed by atoms with Gasteiger partial charge in [-0.3, -0.25) is 0 Å². The van der Waals surface area contributed by atoms with Crippen LogP contribution in [0.4, 0.5) is 30.6 Å². The van der Waals surface area contributed by atoms with Crippen molar-refractivity contribution in [2.24, 2.45) is 5.73 Å². The molecule has 11 heteroatoms. The Morgan fingerprint density at radius 1 is 1.26 bits per heavy atom. The van der Waals surface area contributed by atoms with E-state index in [1.165, 1.54) is 12.1 Å².